The normalized spacial score (nSPS) is 15.4. The first-order chi connectivity index (χ1) is 13.1. The zero-order valence-corrected chi connectivity index (χ0v) is 15.6. The fourth-order valence-corrected chi connectivity index (χ4v) is 3.38. The van der Waals surface area contributed by atoms with Crippen LogP contribution < -0.4 is 5.73 Å². The van der Waals surface area contributed by atoms with Crippen LogP contribution in [0.2, 0.25) is 0 Å². The first-order valence-electron chi connectivity index (χ1n) is 9.14. The van der Waals surface area contributed by atoms with E-state index < -0.39 is 0 Å². The second-order valence-corrected chi connectivity index (χ2v) is 6.74. The molecule has 27 heavy (non-hydrogen) atoms. The van der Waals surface area contributed by atoms with Gasteiger partial charge in [0.25, 0.3) is 5.91 Å². The Labute approximate surface area is 157 Å². The minimum absolute atomic E-state index is 0.0693. The van der Waals surface area contributed by atoms with Gasteiger partial charge in [-0.25, -0.2) is 9.97 Å². The van der Waals surface area contributed by atoms with E-state index in [1.807, 2.05) is 36.2 Å². The summed E-state index contributed by atoms with van der Waals surface area (Å²) in [6.45, 7) is 6.57. The molecule has 1 fully saturated rings. The molecule has 1 aromatic carbocycles. The number of aromatic nitrogens is 4. The molecule has 1 aliphatic rings. The van der Waals surface area contributed by atoms with Crippen LogP contribution in [-0.4, -0.2) is 68.2 Å². The van der Waals surface area contributed by atoms with Gasteiger partial charge in [0.2, 0.25) is 0 Å². The maximum absolute atomic E-state index is 12.7. The molecule has 1 amide bonds. The van der Waals surface area contributed by atoms with E-state index in [9.17, 15) is 4.79 Å². The molecular weight excluding hydrogens is 342 g/mol. The van der Waals surface area contributed by atoms with Crippen LogP contribution >= 0.6 is 0 Å². The van der Waals surface area contributed by atoms with Crippen LogP contribution in [0.15, 0.2) is 30.5 Å². The molecule has 0 radical (unpaired) electrons. The lowest BCUT2D eigenvalue weighted by Gasteiger charge is -2.34. The van der Waals surface area contributed by atoms with E-state index in [1.165, 1.54) is 0 Å². The van der Waals surface area contributed by atoms with E-state index in [-0.39, 0.29) is 5.91 Å². The molecule has 8 heteroatoms. The number of likely N-dealkylation sites (N-methyl/N-ethyl adjacent to an activating group) is 1. The second kappa shape index (κ2) is 6.96. The smallest absolute Gasteiger partial charge is 0.253 e. The Kier molecular flexibility index (Phi) is 4.49. The van der Waals surface area contributed by atoms with E-state index in [0.717, 1.165) is 43.7 Å². The van der Waals surface area contributed by atoms with Gasteiger partial charge in [0.15, 0.2) is 11.5 Å². The molecule has 0 unspecified atom stereocenters. The number of rotatable bonds is 3. The van der Waals surface area contributed by atoms with Crippen molar-refractivity contribution >= 4 is 22.8 Å². The largest absolute Gasteiger partial charge is 0.383 e. The molecule has 8 nitrogen and oxygen atoms in total. The van der Waals surface area contributed by atoms with Gasteiger partial charge in [0.05, 0.1) is 11.6 Å². The molecule has 0 atom stereocenters. The number of piperazine rings is 1. The van der Waals surface area contributed by atoms with Crippen molar-refractivity contribution in [1.82, 2.24) is 29.5 Å². The summed E-state index contributed by atoms with van der Waals surface area (Å²) >= 11 is 0. The Bertz CT molecular complexity index is 972. The predicted octanol–water partition coefficient (Wildman–Crippen LogP) is 1.39. The number of amides is 1. The lowest BCUT2D eigenvalue weighted by molar-refractivity contribution is 0.0643. The maximum atomic E-state index is 12.7. The Morgan fingerprint density at radius 2 is 1.81 bits per heavy atom. The average molecular weight is 365 g/mol. The van der Waals surface area contributed by atoms with Crippen molar-refractivity contribution in [1.29, 1.82) is 0 Å². The van der Waals surface area contributed by atoms with Crippen LogP contribution in [0.1, 0.15) is 17.3 Å². The average Bonchev–Trinajstić information content (AvgIpc) is 3.09. The molecule has 2 N–H and O–H groups in total. The van der Waals surface area contributed by atoms with E-state index in [4.69, 9.17) is 5.73 Å². The molecule has 4 rings (SSSR count). The number of nitrogen functional groups attached to an aromatic ring is 1. The highest BCUT2D eigenvalue weighted by Crippen LogP contribution is 2.23. The number of fused-ring (bicyclic) bond motifs is 1. The number of aryl methyl sites for hydroxylation is 1. The van der Waals surface area contributed by atoms with E-state index in [0.29, 0.717) is 22.9 Å². The van der Waals surface area contributed by atoms with Gasteiger partial charge >= 0.3 is 0 Å². The quantitative estimate of drug-likeness (QED) is 0.754. The van der Waals surface area contributed by atoms with Gasteiger partial charge in [0, 0.05) is 44.4 Å². The number of nitrogens with two attached hydrogens (primary N) is 1. The number of hydrogen-bond donors (Lipinski definition) is 1. The van der Waals surface area contributed by atoms with Crippen molar-refractivity contribution in [3.8, 4) is 11.4 Å². The molecule has 0 bridgehead atoms. The highest BCUT2D eigenvalue weighted by atomic mass is 16.2. The topological polar surface area (TPSA) is 93.2 Å². The van der Waals surface area contributed by atoms with Gasteiger partial charge in [-0.1, -0.05) is 19.1 Å². The maximum Gasteiger partial charge on any atom is 0.253 e. The molecular formula is C19H23N7O. The fraction of sp³-hybridized carbons (Fsp3) is 0.368. The third-order valence-corrected chi connectivity index (χ3v) is 5.12. The Hall–Kier alpha value is -3.00. The predicted molar refractivity (Wildman–Crippen MR) is 104 cm³/mol. The molecule has 0 aliphatic carbocycles. The van der Waals surface area contributed by atoms with Gasteiger partial charge in [-0.2, -0.15) is 5.10 Å². The number of carbonyl (C=O) groups excluding carboxylic acids is 1. The minimum Gasteiger partial charge on any atom is -0.383 e. The van der Waals surface area contributed by atoms with Crippen LogP contribution in [0.3, 0.4) is 0 Å². The van der Waals surface area contributed by atoms with Crippen LogP contribution in [0.25, 0.3) is 22.4 Å². The van der Waals surface area contributed by atoms with Crippen molar-refractivity contribution in [2.75, 3.05) is 38.5 Å². The Balaban J connectivity index is 1.56. The molecule has 3 aromatic rings. The van der Waals surface area contributed by atoms with E-state index in [2.05, 4.69) is 26.9 Å². The van der Waals surface area contributed by atoms with Gasteiger partial charge in [0.1, 0.15) is 5.82 Å². The molecule has 2 aromatic heterocycles. The lowest BCUT2D eigenvalue weighted by atomic mass is 10.1. The van der Waals surface area contributed by atoms with Gasteiger partial charge < -0.3 is 15.5 Å². The van der Waals surface area contributed by atoms with Gasteiger partial charge in [-0.05, 0) is 18.7 Å². The zero-order chi connectivity index (χ0) is 19.0. The monoisotopic (exact) mass is 365 g/mol. The van der Waals surface area contributed by atoms with Crippen LogP contribution in [0, 0.1) is 0 Å². The van der Waals surface area contributed by atoms with Crippen LogP contribution in [-0.2, 0) is 7.05 Å². The number of hydrogen-bond acceptors (Lipinski definition) is 6. The summed E-state index contributed by atoms with van der Waals surface area (Å²) in [5, 5.41) is 4.91. The van der Waals surface area contributed by atoms with Crippen molar-refractivity contribution in [2.24, 2.45) is 7.05 Å². The molecule has 0 spiro atoms. The highest BCUT2D eigenvalue weighted by Gasteiger charge is 2.21. The van der Waals surface area contributed by atoms with E-state index >= 15 is 0 Å². The summed E-state index contributed by atoms with van der Waals surface area (Å²) in [6.07, 6.45) is 1.66. The first-order valence-corrected chi connectivity index (χ1v) is 9.14. The number of benzene rings is 1. The van der Waals surface area contributed by atoms with Crippen molar-refractivity contribution in [3.63, 3.8) is 0 Å². The first kappa shape index (κ1) is 17.4. The number of anilines is 1. The third-order valence-electron chi connectivity index (χ3n) is 5.12. The van der Waals surface area contributed by atoms with Crippen molar-refractivity contribution in [3.05, 3.63) is 36.0 Å². The lowest BCUT2D eigenvalue weighted by Crippen LogP contribution is -2.48. The summed E-state index contributed by atoms with van der Waals surface area (Å²) in [5.74, 6) is 0.996. The van der Waals surface area contributed by atoms with Crippen molar-refractivity contribution < 1.29 is 4.79 Å². The molecule has 0 saturated carbocycles. The minimum atomic E-state index is 0.0693. The summed E-state index contributed by atoms with van der Waals surface area (Å²) < 4.78 is 1.67. The van der Waals surface area contributed by atoms with Crippen LogP contribution in [0.4, 0.5) is 5.82 Å². The molecule has 1 aliphatic heterocycles. The Morgan fingerprint density at radius 3 is 2.48 bits per heavy atom. The highest BCUT2D eigenvalue weighted by molar-refractivity contribution is 5.95. The summed E-state index contributed by atoms with van der Waals surface area (Å²) in [4.78, 5) is 25.9. The van der Waals surface area contributed by atoms with Crippen molar-refractivity contribution in [2.45, 2.75) is 6.92 Å². The third kappa shape index (κ3) is 3.23. The fourth-order valence-electron chi connectivity index (χ4n) is 3.38. The van der Waals surface area contributed by atoms with Gasteiger partial charge in [-0.15, -0.1) is 0 Å². The zero-order valence-electron chi connectivity index (χ0n) is 15.6. The molecule has 1 saturated heterocycles. The second-order valence-electron chi connectivity index (χ2n) is 6.74. The number of nitrogens with zero attached hydrogens (tertiary/aromatic N) is 6. The summed E-state index contributed by atoms with van der Waals surface area (Å²) in [5.41, 5.74) is 8.22. The standard InChI is InChI=1S/C19H23N7O/c1-3-25-8-10-26(11-9-25)19(27)14-6-4-13(5-7-14)17-22-16(20)15-12-21-24(2)18(15)23-17/h4-7,12H,3,8-11H2,1-2H3,(H2,20,22,23). The van der Waals surface area contributed by atoms with Crippen LogP contribution in [0.5, 0.6) is 0 Å². The molecule has 3 heterocycles. The van der Waals surface area contributed by atoms with Gasteiger partial charge in [-0.3, -0.25) is 9.48 Å². The Morgan fingerprint density at radius 1 is 1.11 bits per heavy atom. The molecule has 140 valence electrons. The summed E-state index contributed by atoms with van der Waals surface area (Å²) in [6, 6.07) is 7.40. The number of carbonyl (C=O) groups is 1. The SMILES string of the molecule is CCN1CCN(C(=O)c2ccc(-c3nc(N)c4cnn(C)c4n3)cc2)CC1. The van der Waals surface area contributed by atoms with E-state index in [1.54, 1.807) is 10.9 Å². The summed E-state index contributed by atoms with van der Waals surface area (Å²) in [7, 11) is 1.82.